The maximum atomic E-state index is 10.3. The van der Waals surface area contributed by atoms with E-state index in [2.05, 4.69) is 23.3 Å². The summed E-state index contributed by atoms with van der Waals surface area (Å²) in [7, 11) is -4.29. The van der Waals surface area contributed by atoms with E-state index in [1.54, 1.807) is 0 Å². The summed E-state index contributed by atoms with van der Waals surface area (Å²) < 4.78 is 14.6. The molecule has 5 heteroatoms. The van der Waals surface area contributed by atoms with Crippen LogP contribution < -0.4 is 0 Å². The van der Waals surface area contributed by atoms with Gasteiger partial charge in [-0.25, -0.2) is 4.57 Å². The molecule has 0 aromatic rings. The zero-order valence-corrected chi connectivity index (χ0v) is 11.4. The van der Waals surface area contributed by atoms with Gasteiger partial charge in [0.25, 0.3) is 0 Å². The molecule has 0 spiro atoms. The Morgan fingerprint density at radius 1 is 1.00 bits per heavy atom. The van der Waals surface area contributed by atoms with Crippen molar-refractivity contribution >= 4 is 7.82 Å². The predicted molar refractivity (Wildman–Crippen MR) is 68.4 cm³/mol. The summed E-state index contributed by atoms with van der Waals surface area (Å²) in [5.41, 5.74) is 0. The molecule has 0 radical (unpaired) electrons. The zero-order valence-electron chi connectivity index (χ0n) is 10.5. The van der Waals surface area contributed by atoms with Crippen LogP contribution in [-0.4, -0.2) is 16.4 Å². The first-order chi connectivity index (χ1) is 8.06. The van der Waals surface area contributed by atoms with Crippen LogP contribution in [-0.2, 0) is 9.09 Å². The molecule has 100 valence electrons. The van der Waals surface area contributed by atoms with E-state index in [1.165, 1.54) is 25.7 Å². The maximum Gasteiger partial charge on any atom is 0.469 e. The van der Waals surface area contributed by atoms with Crippen molar-refractivity contribution in [3.63, 3.8) is 0 Å². The van der Waals surface area contributed by atoms with Crippen LogP contribution in [0, 0.1) is 11.8 Å². The average Bonchev–Trinajstić information content (AvgIpc) is 2.24. The predicted octanol–water partition coefficient (Wildman–Crippen LogP) is 3.24. The van der Waals surface area contributed by atoms with Crippen molar-refractivity contribution in [3.05, 3.63) is 0 Å². The number of rotatable bonds is 9. The third-order valence-corrected chi connectivity index (χ3v) is 2.75. The summed E-state index contributed by atoms with van der Waals surface area (Å²) in [6, 6.07) is 0. The molecular weight excluding hydrogens is 239 g/mol. The van der Waals surface area contributed by atoms with Gasteiger partial charge in [0, 0.05) is 12.8 Å². The molecule has 0 aliphatic carbocycles. The van der Waals surface area contributed by atoms with Crippen molar-refractivity contribution in [3.8, 4) is 11.8 Å². The van der Waals surface area contributed by atoms with Crippen molar-refractivity contribution in [1.82, 2.24) is 0 Å². The van der Waals surface area contributed by atoms with Gasteiger partial charge >= 0.3 is 7.82 Å². The Morgan fingerprint density at radius 3 is 2.18 bits per heavy atom. The fraction of sp³-hybridized carbons (Fsp3) is 0.833. The number of hydrogen-bond donors (Lipinski definition) is 2. The second kappa shape index (κ2) is 10.8. The molecule has 2 N–H and O–H groups in total. The summed E-state index contributed by atoms with van der Waals surface area (Å²) in [5, 5.41) is 0. The molecule has 0 aliphatic rings. The Morgan fingerprint density at radius 2 is 1.59 bits per heavy atom. The third-order valence-electron chi connectivity index (χ3n) is 2.24. The zero-order chi connectivity index (χ0) is 13.0. The average molecular weight is 262 g/mol. The molecule has 0 aromatic carbocycles. The SMILES string of the molecule is CCCCCCCC#CCCCOP(=O)(O)O. The van der Waals surface area contributed by atoms with Gasteiger partial charge in [0.2, 0.25) is 0 Å². The van der Waals surface area contributed by atoms with Crippen LogP contribution in [0.25, 0.3) is 0 Å². The molecule has 0 rings (SSSR count). The Balaban J connectivity index is 3.24. The fourth-order valence-corrected chi connectivity index (χ4v) is 1.70. The number of phosphoric acid groups is 1. The molecule has 0 aliphatic heterocycles. The monoisotopic (exact) mass is 262 g/mol. The van der Waals surface area contributed by atoms with Crippen LogP contribution >= 0.6 is 7.82 Å². The van der Waals surface area contributed by atoms with Crippen molar-refractivity contribution in [2.75, 3.05) is 6.61 Å². The molecule has 4 nitrogen and oxygen atoms in total. The molecule has 0 atom stereocenters. The quantitative estimate of drug-likeness (QED) is 0.380. The smallest absolute Gasteiger partial charge is 0.303 e. The van der Waals surface area contributed by atoms with E-state index in [0.29, 0.717) is 12.8 Å². The van der Waals surface area contributed by atoms with Crippen molar-refractivity contribution in [2.24, 2.45) is 0 Å². The molecule has 17 heavy (non-hydrogen) atoms. The van der Waals surface area contributed by atoms with Gasteiger partial charge in [-0.1, -0.05) is 32.6 Å². The van der Waals surface area contributed by atoms with Crippen molar-refractivity contribution in [1.29, 1.82) is 0 Å². The Labute approximate surface area is 104 Å². The normalized spacial score (nSPS) is 11.0. The van der Waals surface area contributed by atoms with Gasteiger partial charge in [-0.05, 0) is 12.8 Å². The van der Waals surface area contributed by atoms with E-state index in [-0.39, 0.29) is 6.61 Å². The van der Waals surface area contributed by atoms with Crippen molar-refractivity contribution < 1.29 is 18.9 Å². The van der Waals surface area contributed by atoms with Crippen molar-refractivity contribution in [2.45, 2.75) is 58.3 Å². The molecule has 0 unspecified atom stereocenters. The van der Waals surface area contributed by atoms with E-state index >= 15 is 0 Å². The molecule has 0 bridgehead atoms. The maximum absolute atomic E-state index is 10.3. The van der Waals surface area contributed by atoms with E-state index in [0.717, 1.165) is 12.8 Å². The molecule has 0 amide bonds. The van der Waals surface area contributed by atoms with Gasteiger partial charge in [-0.3, -0.25) is 4.52 Å². The minimum absolute atomic E-state index is 0.0649. The second-order valence-corrected chi connectivity index (χ2v) is 5.18. The highest BCUT2D eigenvalue weighted by molar-refractivity contribution is 7.46. The topological polar surface area (TPSA) is 66.8 Å². The Hall–Kier alpha value is -0.330. The lowest BCUT2D eigenvalue weighted by atomic mass is 10.1. The van der Waals surface area contributed by atoms with Gasteiger partial charge < -0.3 is 9.79 Å². The Bertz CT molecular complexity index is 274. The highest BCUT2D eigenvalue weighted by Gasteiger charge is 2.11. The minimum Gasteiger partial charge on any atom is -0.303 e. The third kappa shape index (κ3) is 15.7. The number of unbranched alkanes of at least 4 members (excludes halogenated alkanes) is 6. The van der Waals surface area contributed by atoms with Crippen LogP contribution in [0.3, 0.4) is 0 Å². The van der Waals surface area contributed by atoms with E-state index in [9.17, 15) is 4.57 Å². The van der Waals surface area contributed by atoms with Crippen LogP contribution in [0.1, 0.15) is 58.3 Å². The van der Waals surface area contributed by atoms with Gasteiger partial charge in [0.15, 0.2) is 0 Å². The van der Waals surface area contributed by atoms with Crippen LogP contribution in [0.4, 0.5) is 0 Å². The number of phosphoric ester groups is 1. The summed E-state index contributed by atoms with van der Waals surface area (Å²) in [5.74, 6) is 6.04. The van der Waals surface area contributed by atoms with Crippen LogP contribution in [0.5, 0.6) is 0 Å². The van der Waals surface area contributed by atoms with Gasteiger partial charge in [-0.15, -0.1) is 11.8 Å². The largest absolute Gasteiger partial charge is 0.469 e. The molecular formula is C12H23O4P. The van der Waals surface area contributed by atoms with Crippen LogP contribution in [0.2, 0.25) is 0 Å². The fourth-order valence-electron chi connectivity index (χ4n) is 1.34. The summed E-state index contributed by atoms with van der Waals surface area (Å²) in [6.45, 7) is 2.26. The molecule has 0 saturated carbocycles. The van der Waals surface area contributed by atoms with Crippen LogP contribution in [0.15, 0.2) is 0 Å². The highest BCUT2D eigenvalue weighted by atomic mass is 31.2. The van der Waals surface area contributed by atoms with E-state index in [1.807, 2.05) is 0 Å². The molecule has 0 heterocycles. The lowest BCUT2D eigenvalue weighted by Gasteiger charge is -2.02. The molecule has 0 saturated heterocycles. The summed E-state index contributed by atoms with van der Waals surface area (Å²) in [6.07, 6.45) is 8.34. The van der Waals surface area contributed by atoms with Gasteiger partial charge in [0.1, 0.15) is 0 Å². The van der Waals surface area contributed by atoms with E-state index in [4.69, 9.17) is 9.79 Å². The Kier molecular flexibility index (Phi) is 10.6. The lowest BCUT2D eigenvalue weighted by molar-refractivity contribution is 0.196. The van der Waals surface area contributed by atoms with E-state index < -0.39 is 7.82 Å². The first-order valence-corrected chi connectivity index (χ1v) is 7.75. The van der Waals surface area contributed by atoms with Gasteiger partial charge in [-0.2, -0.15) is 0 Å². The van der Waals surface area contributed by atoms with Gasteiger partial charge in [0.05, 0.1) is 6.61 Å². The lowest BCUT2D eigenvalue weighted by Crippen LogP contribution is -1.91. The second-order valence-electron chi connectivity index (χ2n) is 3.95. The first kappa shape index (κ1) is 16.7. The highest BCUT2D eigenvalue weighted by Crippen LogP contribution is 2.35. The first-order valence-electron chi connectivity index (χ1n) is 6.22. The standard InChI is InChI=1S/C12H23O4P/c1-2-3-4-5-6-7-8-9-10-11-12-16-17(13,14)15/h2-7,10-12H2,1H3,(H2,13,14,15). The number of hydrogen-bond acceptors (Lipinski definition) is 2. The minimum atomic E-state index is -4.29. The molecule has 0 fully saturated rings. The summed E-state index contributed by atoms with van der Waals surface area (Å²) >= 11 is 0. The summed E-state index contributed by atoms with van der Waals surface area (Å²) in [4.78, 5) is 16.8. The molecule has 0 aromatic heterocycles.